The number of carbonyl (C=O) groups is 3. The van der Waals surface area contributed by atoms with Crippen molar-refractivity contribution in [1.29, 1.82) is 0 Å². The number of esters is 1. The van der Waals surface area contributed by atoms with Crippen LogP contribution >= 0.6 is 0 Å². The fourth-order valence-electron chi connectivity index (χ4n) is 3.80. The van der Waals surface area contributed by atoms with E-state index in [1.165, 1.54) is 20.3 Å². The van der Waals surface area contributed by atoms with Crippen molar-refractivity contribution in [3.8, 4) is 23.0 Å². The van der Waals surface area contributed by atoms with Crippen LogP contribution in [0.1, 0.15) is 42.8 Å². The average molecular weight is 516 g/mol. The fraction of sp³-hybridized carbons (Fsp3) is 0.423. The summed E-state index contributed by atoms with van der Waals surface area (Å²) in [6.07, 6.45) is -3.41. The summed E-state index contributed by atoms with van der Waals surface area (Å²) in [5, 5.41) is 2.43. The molecule has 2 heterocycles. The summed E-state index contributed by atoms with van der Waals surface area (Å²) < 4.78 is 38.2. The smallest absolute Gasteiger partial charge is 0.408 e. The number of ether oxygens (including phenoxy) is 7. The Bertz CT molecular complexity index is 1190. The van der Waals surface area contributed by atoms with E-state index in [4.69, 9.17) is 33.2 Å². The first-order chi connectivity index (χ1) is 17.6. The van der Waals surface area contributed by atoms with E-state index in [-0.39, 0.29) is 24.7 Å². The van der Waals surface area contributed by atoms with Crippen LogP contribution in [0.25, 0.3) is 0 Å². The van der Waals surface area contributed by atoms with Crippen molar-refractivity contribution in [3.63, 3.8) is 0 Å². The number of rotatable bonds is 7. The molecule has 3 atom stereocenters. The van der Waals surface area contributed by atoms with Crippen molar-refractivity contribution in [2.45, 2.75) is 44.6 Å². The molecule has 37 heavy (non-hydrogen) atoms. The highest BCUT2D eigenvalue weighted by molar-refractivity contribution is 6.04. The summed E-state index contributed by atoms with van der Waals surface area (Å²) in [4.78, 5) is 38.7. The molecule has 0 aliphatic carbocycles. The zero-order valence-electron chi connectivity index (χ0n) is 21.2. The molecule has 11 nitrogen and oxygen atoms in total. The van der Waals surface area contributed by atoms with Gasteiger partial charge in [0, 0.05) is 11.6 Å². The molecule has 2 aliphatic rings. The minimum Gasteiger partial charge on any atom is -0.497 e. The third-order valence-electron chi connectivity index (χ3n) is 5.66. The van der Waals surface area contributed by atoms with Gasteiger partial charge in [0.05, 0.1) is 32.0 Å². The molecular weight excluding hydrogens is 486 g/mol. The number of ketones is 1. The summed E-state index contributed by atoms with van der Waals surface area (Å²) in [5.41, 5.74) is 0.167. The van der Waals surface area contributed by atoms with Crippen LogP contribution in [0.5, 0.6) is 23.0 Å². The van der Waals surface area contributed by atoms with Crippen LogP contribution < -0.4 is 24.3 Å². The molecule has 0 saturated carbocycles. The van der Waals surface area contributed by atoms with E-state index < -0.39 is 41.7 Å². The lowest BCUT2D eigenvalue weighted by Gasteiger charge is -2.33. The molecule has 0 fully saturated rings. The van der Waals surface area contributed by atoms with Crippen molar-refractivity contribution >= 4 is 17.8 Å². The van der Waals surface area contributed by atoms with Gasteiger partial charge in [-0.3, -0.25) is 4.79 Å². The van der Waals surface area contributed by atoms with Crippen LogP contribution in [-0.2, 0) is 19.0 Å². The third kappa shape index (κ3) is 5.88. The van der Waals surface area contributed by atoms with Gasteiger partial charge in [0.1, 0.15) is 11.5 Å². The molecule has 0 bridgehead atoms. The predicted octanol–water partition coefficient (Wildman–Crippen LogP) is 3.19. The van der Waals surface area contributed by atoms with Crippen LogP contribution in [0.2, 0.25) is 0 Å². The number of amides is 1. The Morgan fingerprint density at radius 3 is 2.51 bits per heavy atom. The summed E-state index contributed by atoms with van der Waals surface area (Å²) in [6, 6.07) is 8.61. The van der Waals surface area contributed by atoms with Crippen LogP contribution in [0, 0.1) is 0 Å². The van der Waals surface area contributed by atoms with Gasteiger partial charge in [-0.2, -0.15) is 0 Å². The maximum atomic E-state index is 13.5. The molecule has 198 valence electrons. The molecule has 2 aromatic rings. The van der Waals surface area contributed by atoms with Gasteiger partial charge < -0.3 is 38.5 Å². The number of hydrogen-bond donors (Lipinski definition) is 1. The van der Waals surface area contributed by atoms with Gasteiger partial charge in [0.2, 0.25) is 18.7 Å². The molecule has 0 aromatic heterocycles. The van der Waals surface area contributed by atoms with Crippen molar-refractivity contribution in [2.75, 3.05) is 27.6 Å². The average Bonchev–Trinajstić information content (AvgIpc) is 3.34. The molecule has 11 heteroatoms. The van der Waals surface area contributed by atoms with Gasteiger partial charge in [-0.05, 0) is 45.0 Å². The molecule has 2 aromatic carbocycles. The number of alkyl carbamates (subject to hydrolysis) is 1. The molecule has 0 saturated heterocycles. The Hall–Kier alpha value is -3.99. The number of Topliss-reactive ketones (excluding diaryl/α,β-unsaturated/α-hetero) is 1. The summed E-state index contributed by atoms with van der Waals surface area (Å²) in [7, 11) is 2.69. The maximum absolute atomic E-state index is 13.5. The quantitative estimate of drug-likeness (QED) is 0.549. The van der Waals surface area contributed by atoms with Gasteiger partial charge in [0.15, 0.2) is 23.6 Å². The molecule has 2 aliphatic heterocycles. The predicted molar refractivity (Wildman–Crippen MR) is 128 cm³/mol. The van der Waals surface area contributed by atoms with E-state index >= 15 is 0 Å². The van der Waals surface area contributed by atoms with Gasteiger partial charge in [-0.1, -0.05) is 6.07 Å². The lowest BCUT2D eigenvalue weighted by atomic mass is 9.93. The number of nitrogens with one attached hydrogen (secondary N) is 1. The van der Waals surface area contributed by atoms with E-state index in [0.29, 0.717) is 22.8 Å². The van der Waals surface area contributed by atoms with Crippen LogP contribution in [0.4, 0.5) is 4.79 Å². The summed E-state index contributed by atoms with van der Waals surface area (Å²) in [5.74, 6) is 0.576. The fourth-order valence-corrected chi connectivity index (χ4v) is 3.80. The topological polar surface area (TPSA) is 128 Å². The Balaban J connectivity index is 1.61. The van der Waals surface area contributed by atoms with Crippen molar-refractivity contribution in [2.24, 2.45) is 0 Å². The Kier molecular flexibility index (Phi) is 7.44. The highest BCUT2D eigenvalue weighted by Crippen LogP contribution is 2.41. The monoisotopic (exact) mass is 515 g/mol. The van der Waals surface area contributed by atoms with Crippen molar-refractivity contribution < 1.29 is 47.5 Å². The van der Waals surface area contributed by atoms with Gasteiger partial charge in [-0.25, -0.2) is 9.59 Å². The lowest BCUT2D eigenvalue weighted by Crippen LogP contribution is -2.49. The minimum atomic E-state index is -1.37. The number of fused-ring (bicyclic) bond motifs is 2. The summed E-state index contributed by atoms with van der Waals surface area (Å²) >= 11 is 0. The standard InChI is InChI=1S/C26H29NO10/c1-26(2,3)35-12-17(24(29)32-5)27-25(30)37-23-21(28)16-8-7-15(31-4)11-19(16)36-22(23)14-6-9-18-20(10-14)34-13-33-18/h6-11,17,22-23H,12-13H2,1-5H3,(H,27,30)/t17-,22-,23+/m0/s1. The first-order valence-corrected chi connectivity index (χ1v) is 11.6. The van der Waals surface area contributed by atoms with Crippen molar-refractivity contribution in [3.05, 3.63) is 47.5 Å². The summed E-state index contributed by atoms with van der Waals surface area (Å²) in [6.45, 7) is 5.33. The molecule has 4 rings (SSSR count). The van der Waals surface area contributed by atoms with E-state index in [9.17, 15) is 14.4 Å². The molecule has 1 N–H and O–H groups in total. The van der Waals surface area contributed by atoms with Crippen molar-refractivity contribution in [1.82, 2.24) is 5.32 Å². The Morgan fingerprint density at radius 1 is 1.05 bits per heavy atom. The maximum Gasteiger partial charge on any atom is 0.408 e. The van der Waals surface area contributed by atoms with E-state index in [1.807, 2.05) is 0 Å². The molecule has 0 radical (unpaired) electrons. The van der Waals surface area contributed by atoms with E-state index in [1.54, 1.807) is 51.1 Å². The van der Waals surface area contributed by atoms with E-state index in [0.717, 1.165) is 0 Å². The largest absolute Gasteiger partial charge is 0.497 e. The first-order valence-electron chi connectivity index (χ1n) is 11.6. The number of benzene rings is 2. The molecule has 1 amide bonds. The first kappa shape index (κ1) is 26.1. The second-order valence-corrected chi connectivity index (χ2v) is 9.35. The highest BCUT2D eigenvalue weighted by Gasteiger charge is 2.42. The molecule has 0 spiro atoms. The molecule has 0 unspecified atom stereocenters. The lowest BCUT2D eigenvalue weighted by molar-refractivity contribution is -0.146. The Morgan fingerprint density at radius 2 is 1.81 bits per heavy atom. The number of hydrogen-bond acceptors (Lipinski definition) is 10. The minimum absolute atomic E-state index is 0.0666. The second kappa shape index (κ2) is 10.6. The number of methoxy groups -OCH3 is 2. The van der Waals surface area contributed by atoms with Crippen LogP contribution in [0.3, 0.4) is 0 Å². The highest BCUT2D eigenvalue weighted by atomic mass is 16.7. The van der Waals surface area contributed by atoms with Crippen LogP contribution in [-0.4, -0.2) is 63.2 Å². The zero-order chi connectivity index (χ0) is 26.7. The van der Waals surface area contributed by atoms with E-state index in [2.05, 4.69) is 5.32 Å². The number of carbonyl (C=O) groups excluding carboxylic acids is 3. The van der Waals surface area contributed by atoms with Gasteiger partial charge in [0.25, 0.3) is 0 Å². The van der Waals surface area contributed by atoms with Crippen LogP contribution in [0.15, 0.2) is 36.4 Å². The zero-order valence-corrected chi connectivity index (χ0v) is 21.2. The van der Waals surface area contributed by atoms with Gasteiger partial charge in [-0.15, -0.1) is 0 Å². The second-order valence-electron chi connectivity index (χ2n) is 9.35. The SMILES string of the molecule is COC(=O)[C@H](COC(C)(C)C)NC(=O)O[C@@H]1C(=O)c2ccc(OC)cc2O[C@H]1c1ccc2c(c1)OCO2. The molecular formula is C26H29NO10. The Labute approximate surface area is 213 Å². The van der Waals surface area contributed by atoms with Gasteiger partial charge >= 0.3 is 12.1 Å². The normalized spacial score (nSPS) is 18.8. The third-order valence-corrected chi connectivity index (χ3v) is 5.66.